The number of benzene rings is 2. The van der Waals surface area contributed by atoms with Crippen molar-refractivity contribution in [3.8, 4) is 11.1 Å². The van der Waals surface area contributed by atoms with Crippen molar-refractivity contribution in [1.82, 2.24) is 0 Å². The van der Waals surface area contributed by atoms with Crippen LogP contribution in [-0.2, 0) is 5.41 Å². The van der Waals surface area contributed by atoms with E-state index in [-0.39, 0.29) is 12.0 Å². The lowest BCUT2D eigenvalue weighted by Crippen LogP contribution is -2.23. The van der Waals surface area contributed by atoms with Gasteiger partial charge in [-0.3, -0.25) is 0 Å². The van der Waals surface area contributed by atoms with Gasteiger partial charge in [0.25, 0.3) is 0 Å². The lowest BCUT2D eigenvalue weighted by atomic mass is 9.82. The lowest BCUT2D eigenvalue weighted by Gasteiger charge is -2.24. The van der Waals surface area contributed by atoms with Crippen LogP contribution in [0, 0.1) is 0 Å². The second kappa shape index (κ2) is 6.53. The van der Waals surface area contributed by atoms with Crippen LogP contribution in [0.3, 0.4) is 0 Å². The zero-order chi connectivity index (χ0) is 14.4. The third-order valence-electron chi connectivity index (χ3n) is 3.70. The Hall–Kier alpha value is -1.86. The summed E-state index contributed by atoms with van der Waals surface area (Å²) in [4.78, 5) is 0. The van der Waals surface area contributed by atoms with Crippen LogP contribution in [0.25, 0.3) is 11.1 Å². The van der Waals surface area contributed by atoms with E-state index >= 15 is 0 Å². The van der Waals surface area contributed by atoms with Crippen LogP contribution in [0.1, 0.15) is 25.8 Å². The first-order valence-corrected chi connectivity index (χ1v) is 7.14. The van der Waals surface area contributed by atoms with Crippen LogP contribution in [0.2, 0.25) is 0 Å². The lowest BCUT2D eigenvalue weighted by molar-refractivity contribution is 0.236. The summed E-state index contributed by atoms with van der Waals surface area (Å²) in [6, 6.07) is 18.8. The Balaban J connectivity index is 2.30. The van der Waals surface area contributed by atoms with Crippen molar-refractivity contribution in [3.63, 3.8) is 0 Å². The normalized spacial score (nSPS) is 14.3. The smallest absolute Gasteiger partial charge is 0.0560 e. The van der Waals surface area contributed by atoms with E-state index < -0.39 is 0 Å². The summed E-state index contributed by atoms with van der Waals surface area (Å²) in [6.45, 7) is 4.29. The van der Waals surface area contributed by atoms with E-state index in [0.717, 1.165) is 12.0 Å². The van der Waals surface area contributed by atoms with Crippen LogP contribution in [0.15, 0.2) is 66.7 Å². The minimum Gasteiger partial charge on any atom is -0.395 e. The molecule has 0 aliphatic carbocycles. The van der Waals surface area contributed by atoms with E-state index in [0.29, 0.717) is 0 Å². The Morgan fingerprint density at radius 3 is 2.10 bits per heavy atom. The molecule has 0 fully saturated rings. The minimum absolute atomic E-state index is 0.119. The van der Waals surface area contributed by atoms with Gasteiger partial charge in [0.1, 0.15) is 0 Å². The Morgan fingerprint density at radius 2 is 1.55 bits per heavy atom. The molecule has 1 atom stereocenters. The van der Waals surface area contributed by atoms with Crippen molar-refractivity contribution >= 4 is 0 Å². The maximum atomic E-state index is 9.70. The molecule has 0 radical (unpaired) electrons. The van der Waals surface area contributed by atoms with Gasteiger partial charge in [-0.1, -0.05) is 73.7 Å². The highest BCUT2D eigenvalue weighted by atomic mass is 16.3. The number of hydrogen-bond acceptors (Lipinski definition) is 1. The van der Waals surface area contributed by atoms with Crippen molar-refractivity contribution in [2.75, 3.05) is 6.61 Å². The van der Waals surface area contributed by atoms with Crippen molar-refractivity contribution < 1.29 is 5.11 Å². The van der Waals surface area contributed by atoms with E-state index in [1.54, 1.807) is 0 Å². The molecule has 1 N–H and O–H groups in total. The van der Waals surface area contributed by atoms with Gasteiger partial charge in [0.15, 0.2) is 0 Å². The third kappa shape index (κ3) is 3.17. The van der Waals surface area contributed by atoms with E-state index in [1.807, 2.05) is 18.2 Å². The Bertz CT molecular complexity index is 554. The predicted molar refractivity (Wildman–Crippen MR) is 85.7 cm³/mol. The summed E-state index contributed by atoms with van der Waals surface area (Å²) in [5.74, 6) is 0. The monoisotopic (exact) mass is 266 g/mol. The van der Waals surface area contributed by atoms with Gasteiger partial charge >= 0.3 is 0 Å². The van der Waals surface area contributed by atoms with Crippen molar-refractivity contribution in [2.24, 2.45) is 0 Å². The van der Waals surface area contributed by atoms with Crippen LogP contribution >= 0.6 is 0 Å². The highest BCUT2D eigenvalue weighted by Gasteiger charge is 2.22. The highest BCUT2D eigenvalue weighted by Crippen LogP contribution is 2.28. The average molecular weight is 266 g/mol. The third-order valence-corrected chi connectivity index (χ3v) is 3.70. The van der Waals surface area contributed by atoms with Crippen LogP contribution < -0.4 is 0 Å². The molecule has 0 amide bonds. The fraction of sp³-hybridized carbons (Fsp3) is 0.263. The summed E-state index contributed by atoms with van der Waals surface area (Å²) in [5, 5.41) is 9.70. The molecular formula is C19H22O. The predicted octanol–water partition coefficient (Wildman–Crippen LogP) is 4.57. The number of rotatable bonds is 5. The summed E-state index contributed by atoms with van der Waals surface area (Å²) in [6.07, 6.45) is 5.20. The van der Waals surface area contributed by atoms with Gasteiger partial charge in [-0.25, -0.2) is 0 Å². The summed E-state index contributed by atoms with van der Waals surface area (Å²) in [5.41, 5.74) is 3.26. The molecule has 2 rings (SSSR count). The minimum atomic E-state index is -0.300. The molecule has 0 saturated heterocycles. The Labute approximate surface area is 121 Å². The highest BCUT2D eigenvalue weighted by molar-refractivity contribution is 5.63. The fourth-order valence-corrected chi connectivity index (χ4v) is 2.29. The summed E-state index contributed by atoms with van der Waals surface area (Å²) < 4.78 is 0. The molecule has 0 aromatic heterocycles. The van der Waals surface area contributed by atoms with Crippen molar-refractivity contribution in [1.29, 1.82) is 0 Å². The van der Waals surface area contributed by atoms with Gasteiger partial charge < -0.3 is 5.11 Å². The standard InChI is InChI=1S/C19H22O/c1-3-4-14-19(2,15-20)18-12-10-17(11-13-18)16-8-6-5-7-9-16/h4-14,20H,3,15H2,1-2H3/b14-4+/t19-/m1/s1. The first kappa shape index (κ1) is 14.5. The van der Waals surface area contributed by atoms with Crippen molar-refractivity contribution in [3.05, 3.63) is 72.3 Å². The van der Waals surface area contributed by atoms with Gasteiger partial charge in [0, 0.05) is 5.41 Å². The molecule has 1 nitrogen and oxygen atoms in total. The molecule has 0 spiro atoms. The van der Waals surface area contributed by atoms with Gasteiger partial charge in [-0.2, -0.15) is 0 Å². The molecule has 1 heteroatoms. The van der Waals surface area contributed by atoms with Gasteiger partial charge in [0.05, 0.1) is 6.61 Å². The van der Waals surface area contributed by atoms with E-state index in [9.17, 15) is 5.11 Å². The van der Waals surface area contributed by atoms with Crippen LogP contribution in [0.5, 0.6) is 0 Å². The van der Waals surface area contributed by atoms with Crippen LogP contribution in [0.4, 0.5) is 0 Å². The average Bonchev–Trinajstić information content (AvgIpc) is 2.53. The topological polar surface area (TPSA) is 20.2 Å². The van der Waals surface area contributed by atoms with E-state index in [2.05, 4.69) is 62.4 Å². The second-order valence-corrected chi connectivity index (χ2v) is 5.33. The SMILES string of the molecule is CC/C=C/[C@](C)(CO)c1ccc(-c2ccccc2)cc1. The molecule has 0 saturated carbocycles. The molecule has 20 heavy (non-hydrogen) atoms. The first-order valence-electron chi connectivity index (χ1n) is 7.14. The number of aliphatic hydroxyl groups excluding tert-OH is 1. The number of hydrogen-bond donors (Lipinski definition) is 1. The first-order chi connectivity index (χ1) is 9.69. The maximum absolute atomic E-state index is 9.70. The van der Waals surface area contributed by atoms with E-state index in [1.165, 1.54) is 11.1 Å². The van der Waals surface area contributed by atoms with Gasteiger partial charge in [-0.05, 0) is 30.0 Å². The Morgan fingerprint density at radius 1 is 0.950 bits per heavy atom. The fourth-order valence-electron chi connectivity index (χ4n) is 2.29. The number of aliphatic hydroxyl groups is 1. The second-order valence-electron chi connectivity index (χ2n) is 5.33. The van der Waals surface area contributed by atoms with Crippen LogP contribution in [-0.4, -0.2) is 11.7 Å². The zero-order valence-electron chi connectivity index (χ0n) is 12.2. The largest absolute Gasteiger partial charge is 0.395 e. The molecule has 0 bridgehead atoms. The van der Waals surface area contributed by atoms with E-state index in [4.69, 9.17) is 0 Å². The summed E-state index contributed by atoms with van der Waals surface area (Å²) >= 11 is 0. The molecule has 0 aliphatic rings. The molecule has 0 unspecified atom stereocenters. The molecule has 0 heterocycles. The van der Waals surface area contributed by atoms with Crippen molar-refractivity contribution in [2.45, 2.75) is 25.7 Å². The summed E-state index contributed by atoms with van der Waals surface area (Å²) in [7, 11) is 0. The molecule has 2 aromatic rings. The molecule has 2 aromatic carbocycles. The molecule has 0 aliphatic heterocycles. The quantitative estimate of drug-likeness (QED) is 0.786. The Kier molecular flexibility index (Phi) is 4.75. The number of allylic oxidation sites excluding steroid dienone is 1. The molecular weight excluding hydrogens is 244 g/mol. The van der Waals surface area contributed by atoms with Gasteiger partial charge in [0.2, 0.25) is 0 Å². The van der Waals surface area contributed by atoms with Gasteiger partial charge in [-0.15, -0.1) is 0 Å². The maximum Gasteiger partial charge on any atom is 0.0560 e. The zero-order valence-corrected chi connectivity index (χ0v) is 12.2. The molecule has 104 valence electrons.